The normalized spacial score (nSPS) is 10.4. The lowest BCUT2D eigenvalue weighted by Crippen LogP contribution is -1.98. The van der Waals surface area contributed by atoms with E-state index >= 15 is 0 Å². The summed E-state index contributed by atoms with van der Waals surface area (Å²) in [6.07, 6.45) is 1.55. The van der Waals surface area contributed by atoms with Crippen LogP contribution in [-0.4, -0.2) is 10.1 Å². The number of aromatic nitrogens is 2. The number of aryl methyl sites for hydroxylation is 2. The summed E-state index contributed by atoms with van der Waals surface area (Å²) in [6.45, 7) is 4.78. The average molecular weight is 209 g/mol. The summed E-state index contributed by atoms with van der Waals surface area (Å²) >= 11 is 1.70. The van der Waals surface area contributed by atoms with E-state index in [0.29, 0.717) is 0 Å². The lowest BCUT2D eigenvalue weighted by molar-refractivity contribution is 0.422. The molecule has 0 saturated heterocycles. The van der Waals surface area contributed by atoms with Gasteiger partial charge in [0.2, 0.25) is 0 Å². The highest BCUT2D eigenvalue weighted by atomic mass is 32.1. The van der Waals surface area contributed by atoms with Gasteiger partial charge in [-0.2, -0.15) is 0 Å². The monoisotopic (exact) mass is 209 g/mol. The molecule has 0 aliphatic rings. The highest BCUT2D eigenvalue weighted by Gasteiger charge is 2.04. The van der Waals surface area contributed by atoms with Gasteiger partial charge in [-0.05, 0) is 13.8 Å². The van der Waals surface area contributed by atoms with E-state index in [1.165, 1.54) is 4.88 Å². The molecule has 0 aromatic carbocycles. The van der Waals surface area contributed by atoms with Crippen LogP contribution in [0, 0.1) is 13.8 Å². The molecular formula is C9H11N3OS. The highest BCUT2D eigenvalue weighted by Crippen LogP contribution is 2.18. The quantitative estimate of drug-likeness (QED) is 0.843. The minimum absolute atomic E-state index is 0.754. The second-order valence-electron chi connectivity index (χ2n) is 2.98. The molecule has 1 N–H and O–H groups in total. The zero-order valence-corrected chi connectivity index (χ0v) is 8.89. The van der Waals surface area contributed by atoms with Crippen molar-refractivity contribution in [2.24, 2.45) is 0 Å². The molecule has 0 spiro atoms. The average Bonchev–Trinajstić information content (AvgIpc) is 2.72. The fourth-order valence-corrected chi connectivity index (χ4v) is 2.09. The van der Waals surface area contributed by atoms with Crippen LogP contribution in [0.3, 0.4) is 0 Å². The molecule has 2 aromatic rings. The van der Waals surface area contributed by atoms with Crippen LogP contribution in [0.5, 0.6) is 0 Å². The van der Waals surface area contributed by atoms with Crippen LogP contribution < -0.4 is 5.32 Å². The van der Waals surface area contributed by atoms with Gasteiger partial charge in [-0.1, -0.05) is 5.16 Å². The molecule has 4 nitrogen and oxygen atoms in total. The minimum Gasteiger partial charge on any atom is -0.363 e. The van der Waals surface area contributed by atoms with Crippen molar-refractivity contribution in [3.05, 3.63) is 27.9 Å². The van der Waals surface area contributed by atoms with Gasteiger partial charge < -0.3 is 9.84 Å². The van der Waals surface area contributed by atoms with Crippen LogP contribution in [0.25, 0.3) is 0 Å². The van der Waals surface area contributed by atoms with Crippen molar-refractivity contribution in [3.8, 4) is 0 Å². The minimum atomic E-state index is 0.754. The zero-order valence-electron chi connectivity index (χ0n) is 8.07. The van der Waals surface area contributed by atoms with Gasteiger partial charge in [0.25, 0.3) is 0 Å². The summed E-state index contributed by atoms with van der Waals surface area (Å²) in [5.74, 6) is 0.760. The Balaban J connectivity index is 2.01. The third-order valence-electron chi connectivity index (χ3n) is 1.87. The number of hydrogen-bond acceptors (Lipinski definition) is 5. The van der Waals surface area contributed by atoms with Crippen LogP contribution in [0.4, 0.5) is 5.82 Å². The van der Waals surface area contributed by atoms with Crippen LogP contribution in [0.15, 0.2) is 16.9 Å². The van der Waals surface area contributed by atoms with Crippen LogP contribution in [0.2, 0.25) is 0 Å². The second kappa shape index (κ2) is 3.79. The molecule has 0 unspecified atom stereocenters. The molecule has 0 atom stereocenters. The van der Waals surface area contributed by atoms with E-state index in [9.17, 15) is 0 Å². The molecule has 2 aromatic heterocycles. The van der Waals surface area contributed by atoms with Crippen LogP contribution >= 0.6 is 11.3 Å². The Morgan fingerprint density at radius 1 is 1.50 bits per heavy atom. The molecule has 14 heavy (non-hydrogen) atoms. The Bertz CT molecular complexity index is 408. The Kier molecular flexibility index (Phi) is 2.49. The Labute approximate surface area is 86.0 Å². The smallest absolute Gasteiger partial charge is 0.169 e. The number of thiazole rings is 1. The largest absolute Gasteiger partial charge is 0.363 e. The molecule has 0 radical (unpaired) electrons. The molecule has 0 amide bonds. The van der Waals surface area contributed by atoms with Crippen molar-refractivity contribution in [2.75, 3.05) is 5.32 Å². The van der Waals surface area contributed by atoms with Crippen molar-refractivity contribution in [2.45, 2.75) is 20.4 Å². The van der Waals surface area contributed by atoms with Gasteiger partial charge in [-0.15, -0.1) is 11.3 Å². The fourth-order valence-electron chi connectivity index (χ4n) is 1.21. The first kappa shape index (κ1) is 9.21. The van der Waals surface area contributed by atoms with Gasteiger partial charge >= 0.3 is 0 Å². The molecular weight excluding hydrogens is 198 g/mol. The third-order valence-corrected chi connectivity index (χ3v) is 2.94. The van der Waals surface area contributed by atoms with Crippen molar-refractivity contribution in [3.63, 3.8) is 0 Å². The molecule has 0 bridgehead atoms. The van der Waals surface area contributed by atoms with E-state index in [4.69, 9.17) is 4.52 Å². The predicted molar refractivity (Wildman–Crippen MR) is 55.4 cm³/mol. The van der Waals surface area contributed by atoms with Crippen molar-refractivity contribution >= 4 is 17.2 Å². The van der Waals surface area contributed by atoms with E-state index in [-0.39, 0.29) is 0 Å². The fraction of sp³-hybridized carbons (Fsp3) is 0.333. The SMILES string of the molecule is Cc1nc(C)c(CNc2ccon2)s1. The maximum atomic E-state index is 4.71. The van der Waals surface area contributed by atoms with Gasteiger partial charge in [-0.3, -0.25) is 0 Å². The lowest BCUT2D eigenvalue weighted by Gasteiger charge is -1.99. The highest BCUT2D eigenvalue weighted by molar-refractivity contribution is 7.11. The molecule has 2 heterocycles. The van der Waals surface area contributed by atoms with E-state index in [1.807, 2.05) is 13.8 Å². The number of hydrogen-bond donors (Lipinski definition) is 1. The van der Waals surface area contributed by atoms with Crippen molar-refractivity contribution in [1.82, 2.24) is 10.1 Å². The summed E-state index contributed by atoms with van der Waals surface area (Å²) < 4.78 is 4.71. The summed E-state index contributed by atoms with van der Waals surface area (Å²) in [6, 6.07) is 1.79. The van der Waals surface area contributed by atoms with Crippen LogP contribution in [0.1, 0.15) is 15.6 Å². The topological polar surface area (TPSA) is 51.0 Å². The van der Waals surface area contributed by atoms with Crippen molar-refractivity contribution < 1.29 is 4.52 Å². The standard InChI is InChI=1S/C9H11N3OS/c1-6-8(14-7(2)11-6)5-10-9-3-4-13-12-9/h3-4H,5H2,1-2H3,(H,10,12). The summed E-state index contributed by atoms with van der Waals surface area (Å²) in [4.78, 5) is 5.59. The van der Waals surface area contributed by atoms with E-state index in [2.05, 4.69) is 15.5 Å². The molecule has 0 aliphatic heterocycles. The van der Waals surface area contributed by atoms with Gasteiger partial charge in [0.1, 0.15) is 6.26 Å². The Morgan fingerprint density at radius 3 is 2.93 bits per heavy atom. The lowest BCUT2D eigenvalue weighted by atomic mass is 10.4. The molecule has 0 fully saturated rings. The first-order valence-corrected chi connectivity index (χ1v) is 5.14. The Hall–Kier alpha value is -1.36. The zero-order chi connectivity index (χ0) is 9.97. The number of anilines is 1. The number of nitrogens with zero attached hydrogens (tertiary/aromatic N) is 2. The summed E-state index contributed by atoms with van der Waals surface area (Å²) in [5, 5.41) is 8.02. The first-order valence-electron chi connectivity index (χ1n) is 4.33. The number of rotatable bonds is 3. The third kappa shape index (κ3) is 1.93. The molecule has 0 aliphatic carbocycles. The summed E-state index contributed by atoms with van der Waals surface area (Å²) in [7, 11) is 0. The Morgan fingerprint density at radius 2 is 2.36 bits per heavy atom. The van der Waals surface area contributed by atoms with Gasteiger partial charge in [-0.25, -0.2) is 4.98 Å². The maximum absolute atomic E-state index is 4.71. The second-order valence-corrected chi connectivity index (χ2v) is 4.27. The maximum Gasteiger partial charge on any atom is 0.169 e. The molecule has 0 saturated carbocycles. The molecule has 5 heteroatoms. The van der Waals surface area contributed by atoms with E-state index < -0.39 is 0 Å². The van der Waals surface area contributed by atoms with Gasteiger partial charge in [0.15, 0.2) is 5.82 Å². The van der Waals surface area contributed by atoms with Gasteiger partial charge in [0.05, 0.1) is 17.2 Å². The van der Waals surface area contributed by atoms with E-state index in [0.717, 1.165) is 23.1 Å². The van der Waals surface area contributed by atoms with Gasteiger partial charge in [0, 0.05) is 10.9 Å². The van der Waals surface area contributed by atoms with Crippen molar-refractivity contribution in [1.29, 1.82) is 0 Å². The molecule has 74 valence electrons. The van der Waals surface area contributed by atoms with E-state index in [1.54, 1.807) is 23.7 Å². The predicted octanol–water partition coefficient (Wildman–Crippen LogP) is 2.36. The first-order chi connectivity index (χ1) is 6.75. The number of nitrogens with one attached hydrogen (secondary N) is 1. The summed E-state index contributed by atoms with van der Waals surface area (Å²) in [5.41, 5.74) is 1.09. The molecule has 2 rings (SSSR count). The van der Waals surface area contributed by atoms with Crippen LogP contribution in [-0.2, 0) is 6.54 Å².